The molecule has 8 heteroatoms. The smallest absolute Gasteiger partial charge is 0.383 e. The molecular formula is C11H11NO7. The highest BCUT2D eigenvalue weighted by molar-refractivity contribution is 5.87. The first-order valence-electron chi connectivity index (χ1n) is 5.16. The van der Waals surface area contributed by atoms with Gasteiger partial charge in [-0.15, -0.1) is 0 Å². The molecule has 0 saturated heterocycles. The van der Waals surface area contributed by atoms with Crippen LogP contribution in [0.2, 0.25) is 0 Å². The molecule has 0 aliphatic heterocycles. The summed E-state index contributed by atoms with van der Waals surface area (Å²) in [5, 5.41) is 28.8. The molecule has 0 spiro atoms. The lowest BCUT2D eigenvalue weighted by Crippen LogP contribution is -2.54. The van der Waals surface area contributed by atoms with Gasteiger partial charge in [0, 0.05) is 16.9 Å². The van der Waals surface area contributed by atoms with Gasteiger partial charge in [-0.25, -0.2) is 4.79 Å². The zero-order valence-corrected chi connectivity index (χ0v) is 9.68. The quantitative estimate of drug-likeness (QED) is 0.537. The van der Waals surface area contributed by atoms with Crippen molar-refractivity contribution in [2.75, 3.05) is 0 Å². The van der Waals surface area contributed by atoms with E-state index < -0.39 is 36.4 Å². The minimum atomic E-state index is -2.81. The number of pyridine rings is 1. The van der Waals surface area contributed by atoms with Gasteiger partial charge in [-0.2, -0.15) is 4.84 Å². The first kappa shape index (κ1) is 14.6. The molecule has 8 nitrogen and oxygen atoms in total. The Morgan fingerprint density at radius 2 is 1.74 bits per heavy atom. The fourth-order valence-electron chi connectivity index (χ4n) is 1.29. The summed E-state index contributed by atoms with van der Waals surface area (Å²) in [5.74, 6) is -4.74. The lowest BCUT2D eigenvalue weighted by Gasteiger charge is -2.25. The average Bonchev–Trinajstić information content (AvgIpc) is 2.28. The molecule has 0 saturated carbocycles. The monoisotopic (exact) mass is 269 g/mol. The number of hydrogen-bond donors (Lipinski definition) is 2. The van der Waals surface area contributed by atoms with Crippen LogP contribution in [0.4, 0.5) is 0 Å². The van der Waals surface area contributed by atoms with Crippen LogP contribution in [0.3, 0.4) is 0 Å². The zero-order valence-electron chi connectivity index (χ0n) is 9.68. The maximum Gasteiger partial charge on any atom is 0.383 e. The van der Waals surface area contributed by atoms with Crippen molar-refractivity contribution in [1.82, 2.24) is 0 Å². The van der Waals surface area contributed by atoms with Crippen molar-refractivity contribution in [2.24, 2.45) is 0 Å². The van der Waals surface area contributed by atoms with Crippen molar-refractivity contribution >= 4 is 17.9 Å². The van der Waals surface area contributed by atoms with E-state index in [0.29, 0.717) is 0 Å². The van der Waals surface area contributed by atoms with E-state index in [1.165, 1.54) is 12.4 Å². The SMILES string of the molecule is O=C(O)CC(O)(CC(=O)O[n+]1ccccc1)C(=O)[O-]. The van der Waals surface area contributed by atoms with Crippen molar-refractivity contribution < 1.29 is 39.3 Å². The molecule has 0 fully saturated rings. The molecule has 0 aliphatic carbocycles. The fourth-order valence-corrected chi connectivity index (χ4v) is 1.29. The molecule has 19 heavy (non-hydrogen) atoms. The summed E-state index contributed by atoms with van der Waals surface area (Å²) >= 11 is 0. The van der Waals surface area contributed by atoms with Crippen LogP contribution in [-0.2, 0) is 14.4 Å². The molecule has 0 aromatic carbocycles. The molecule has 0 amide bonds. The molecule has 0 aliphatic rings. The number of hydrogen-bond acceptors (Lipinski definition) is 6. The van der Waals surface area contributed by atoms with Crippen molar-refractivity contribution in [3.8, 4) is 0 Å². The van der Waals surface area contributed by atoms with E-state index in [2.05, 4.69) is 4.84 Å². The third-order valence-corrected chi connectivity index (χ3v) is 2.16. The molecule has 1 heterocycles. The summed E-state index contributed by atoms with van der Waals surface area (Å²) in [4.78, 5) is 37.3. The Morgan fingerprint density at radius 1 is 1.16 bits per heavy atom. The second kappa shape index (κ2) is 5.91. The molecule has 1 unspecified atom stereocenters. The highest BCUT2D eigenvalue weighted by Gasteiger charge is 2.36. The number of rotatable bonds is 6. The minimum Gasteiger partial charge on any atom is -0.547 e. The largest absolute Gasteiger partial charge is 0.547 e. The van der Waals surface area contributed by atoms with Gasteiger partial charge < -0.3 is 20.1 Å². The van der Waals surface area contributed by atoms with Gasteiger partial charge in [-0.1, -0.05) is 6.07 Å². The van der Waals surface area contributed by atoms with E-state index in [1.807, 2.05) is 0 Å². The maximum absolute atomic E-state index is 11.4. The van der Waals surface area contributed by atoms with Crippen LogP contribution < -0.4 is 14.7 Å². The summed E-state index contributed by atoms with van der Waals surface area (Å²) in [6, 6.07) is 4.76. The van der Waals surface area contributed by atoms with Gasteiger partial charge in [0.2, 0.25) is 12.4 Å². The number of carboxylic acids is 2. The van der Waals surface area contributed by atoms with E-state index in [1.54, 1.807) is 18.2 Å². The lowest BCUT2D eigenvalue weighted by atomic mass is 9.96. The molecule has 1 rings (SSSR count). The molecule has 102 valence electrons. The molecule has 1 aromatic rings. The summed E-state index contributed by atoms with van der Waals surface area (Å²) in [6.45, 7) is 0. The number of aromatic nitrogens is 1. The Balaban J connectivity index is 2.72. The number of aliphatic hydroxyl groups is 1. The molecule has 2 N–H and O–H groups in total. The first-order chi connectivity index (χ1) is 8.83. The van der Waals surface area contributed by atoms with Gasteiger partial charge in [-0.3, -0.25) is 4.79 Å². The van der Waals surface area contributed by atoms with Crippen molar-refractivity contribution in [3.05, 3.63) is 30.6 Å². The number of carbonyl (C=O) groups excluding carboxylic acids is 2. The standard InChI is InChI=1S/C11H11NO7/c13-8(14)6-11(18,10(16)17)7-9(15)19-12-4-2-1-3-5-12/h1-5,18H,6-7H2,(H-,13,14,16,17). The second-order valence-corrected chi connectivity index (χ2v) is 3.77. The Hall–Kier alpha value is -2.48. The van der Waals surface area contributed by atoms with Crippen LogP contribution in [0, 0.1) is 0 Å². The van der Waals surface area contributed by atoms with E-state index in [0.717, 1.165) is 4.73 Å². The Morgan fingerprint density at radius 3 is 2.21 bits per heavy atom. The third-order valence-electron chi connectivity index (χ3n) is 2.16. The zero-order chi connectivity index (χ0) is 14.5. The summed E-state index contributed by atoms with van der Waals surface area (Å²) < 4.78 is 0.985. The van der Waals surface area contributed by atoms with Crippen LogP contribution >= 0.6 is 0 Å². The van der Waals surface area contributed by atoms with Gasteiger partial charge in [0.05, 0.1) is 18.8 Å². The van der Waals surface area contributed by atoms with Crippen LogP contribution in [0.5, 0.6) is 0 Å². The van der Waals surface area contributed by atoms with Crippen LogP contribution in [0.15, 0.2) is 30.6 Å². The summed E-state index contributed by atoms with van der Waals surface area (Å²) in [5.41, 5.74) is -2.81. The van der Waals surface area contributed by atoms with E-state index in [9.17, 15) is 24.6 Å². The van der Waals surface area contributed by atoms with Crippen LogP contribution in [0.25, 0.3) is 0 Å². The van der Waals surface area contributed by atoms with E-state index in [4.69, 9.17) is 5.11 Å². The number of aliphatic carboxylic acids is 2. The Labute approximate surface area is 107 Å². The van der Waals surface area contributed by atoms with Crippen molar-refractivity contribution in [3.63, 3.8) is 0 Å². The number of carboxylic acid groups (broad SMARTS) is 2. The third kappa shape index (κ3) is 4.36. The Kier molecular flexibility index (Phi) is 4.54. The number of carbonyl (C=O) groups is 3. The van der Waals surface area contributed by atoms with Gasteiger partial charge in [-0.05, 0) is 0 Å². The Bertz CT molecular complexity index is 487. The molecule has 1 aromatic heterocycles. The second-order valence-electron chi connectivity index (χ2n) is 3.77. The predicted octanol–water partition coefficient (Wildman–Crippen LogP) is -2.72. The van der Waals surface area contributed by atoms with Crippen LogP contribution in [0.1, 0.15) is 12.8 Å². The molecule has 0 bridgehead atoms. The highest BCUT2D eigenvalue weighted by atomic mass is 16.7. The van der Waals surface area contributed by atoms with Gasteiger partial charge in [0.25, 0.3) is 0 Å². The molecule has 1 atom stereocenters. The fraction of sp³-hybridized carbons (Fsp3) is 0.273. The van der Waals surface area contributed by atoms with Gasteiger partial charge >= 0.3 is 11.9 Å². The lowest BCUT2D eigenvalue weighted by molar-refractivity contribution is -0.869. The topological polar surface area (TPSA) is 128 Å². The summed E-state index contributed by atoms with van der Waals surface area (Å²) in [6.07, 6.45) is 0.535. The minimum absolute atomic E-state index is 0.985. The van der Waals surface area contributed by atoms with Gasteiger partial charge in [0.1, 0.15) is 5.60 Å². The van der Waals surface area contributed by atoms with Crippen molar-refractivity contribution in [1.29, 1.82) is 0 Å². The normalized spacial score (nSPS) is 13.3. The summed E-state index contributed by atoms with van der Waals surface area (Å²) in [7, 11) is 0. The average molecular weight is 269 g/mol. The van der Waals surface area contributed by atoms with E-state index >= 15 is 0 Å². The maximum atomic E-state index is 11.4. The first-order valence-corrected chi connectivity index (χ1v) is 5.16. The molecule has 0 radical (unpaired) electrons. The van der Waals surface area contributed by atoms with Crippen molar-refractivity contribution in [2.45, 2.75) is 18.4 Å². The molecular weight excluding hydrogens is 258 g/mol. The predicted molar refractivity (Wildman–Crippen MR) is 55.1 cm³/mol. The van der Waals surface area contributed by atoms with E-state index in [-0.39, 0.29) is 0 Å². The van der Waals surface area contributed by atoms with Gasteiger partial charge in [0.15, 0.2) is 0 Å². The van der Waals surface area contributed by atoms with Crippen LogP contribution in [-0.4, -0.2) is 33.7 Å². The number of nitrogens with zero attached hydrogens (tertiary/aromatic N) is 1. The highest BCUT2D eigenvalue weighted by Crippen LogP contribution is 2.14.